The first kappa shape index (κ1) is 15.8. The molecule has 0 spiro atoms. The summed E-state index contributed by atoms with van der Waals surface area (Å²) >= 11 is 6.37. The van der Waals surface area contributed by atoms with Crippen LogP contribution in [-0.2, 0) is 9.84 Å². The molecule has 0 bridgehead atoms. The lowest BCUT2D eigenvalue weighted by Crippen LogP contribution is -2.09. The molecule has 1 aromatic heterocycles. The van der Waals surface area contributed by atoms with Gasteiger partial charge in [-0.1, -0.05) is 35.4 Å². The number of aromatic nitrogens is 2. The van der Waals surface area contributed by atoms with Gasteiger partial charge in [-0.25, -0.2) is 8.42 Å². The Morgan fingerprint density at radius 2 is 2.00 bits per heavy atom. The summed E-state index contributed by atoms with van der Waals surface area (Å²) in [4.78, 5) is 0. The van der Waals surface area contributed by atoms with Crippen molar-refractivity contribution in [2.45, 2.75) is 25.8 Å². The van der Waals surface area contributed by atoms with Crippen molar-refractivity contribution in [1.29, 1.82) is 0 Å². The van der Waals surface area contributed by atoms with Gasteiger partial charge < -0.3 is 0 Å². The van der Waals surface area contributed by atoms with E-state index in [0.717, 1.165) is 16.7 Å². The first-order chi connectivity index (χ1) is 9.81. The first-order valence-electron chi connectivity index (χ1n) is 6.46. The zero-order valence-electron chi connectivity index (χ0n) is 12.1. The third-order valence-electron chi connectivity index (χ3n) is 3.19. The quantitative estimate of drug-likeness (QED) is 0.936. The number of nitrogens with one attached hydrogen (secondary N) is 1. The lowest BCUT2D eigenvalue weighted by atomic mass is 10.0. The van der Waals surface area contributed by atoms with Gasteiger partial charge in [0, 0.05) is 11.2 Å². The molecule has 1 aromatic carbocycles. The lowest BCUT2D eigenvalue weighted by Gasteiger charge is -2.10. The highest BCUT2D eigenvalue weighted by Gasteiger charge is 2.19. The Hall–Kier alpha value is -1.59. The van der Waals surface area contributed by atoms with E-state index in [1.165, 1.54) is 12.3 Å². The summed E-state index contributed by atoms with van der Waals surface area (Å²) < 4.78 is 24.4. The zero-order valence-corrected chi connectivity index (χ0v) is 13.7. The van der Waals surface area contributed by atoms with Crippen molar-refractivity contribution in [2.75, 3.05) is 5.75 Å². The van der Waals surface area contributed by atoms with E-state index in [4.69, 9.17) is 11.6 Å². The minimum atomic E-state index is -3.47. The smallest absolute Gasteiger partial charge is 0.201 e. The second kappa shape index (κ2) is 6.03. The molecule has 0 atom stereocenters. The number of hydrogen-bond donors (Lipinski definition) is 1. The van der Waals surface area contributed by atoms with Gasteiger partial charge in [-0.2, -0.15) is 5.10 Å². The summed E-state index contributed by atoms with van der Waals surface area (Å²) in [6.07, 6.45) is 1.48. The third-order valence-corrected chi connectivity index (χ3v) is 5.40. The predicted molar refractivity (Wildman–Crippen MR) is 85.0 cm³/mol. The molecule has 1 N–H and O–H groups in total. The Balaban J connectivity index is 2.35. The van der Waals surface area contributed by atoms with Crippen LogP contribution in [0.15, 0.2) is 41.1 Å². The average molecular weight is 325 g/mol. The zero-order chi connectivity index (χ0) is 15.6. The van der Waals surface area contributed by atoms with E-state index < -0.39 is 9.84 Å². The van der Waals surface area contributed by atoms with Gasteiger partial charge in [-0.15, -0.1) is 0 Å². The van der Waals surface area contributed by atoms with Gasteiger partial charge in [0.05, 0.1) is 5.75 Å². The number of benzene rings is 1. The molecular weight excluding hydrogens is 308 g/mol. The van der Waals surface area contributed by atoms with E-state index in [-0.39, 0.29) is 10.8 Å². The van der Waals surface area contributed by atoms with Gasteiger partial charge in [0.15, 0.2) is 5.03 Å². The van der Waals surface area contributed by atoms with Crippen LogP contribution in [0.3, 0.4) is 0 Å². The molecule has 0 aliphatic rings. The van der Waals surface area contributed by atoms with Crippen molar-refractivity contribution in [3.05, 3.63) is 52.7 Å². The number of sulfone groups is 1. The fourth-order valence-corrected chi connectivity index (χ4v) is 3.82. The molecule has 0 saturated heterocycles. The maximum atomic E-state index is 12.2. The SMILES string of the molecule is CC(CS(=O)(=O)c1cc[nH]n1)=C(Cl)c1ccc(C)cc1C. The molecule has 4 nitrogen and oxygen atoms in total. The van der Waals surface area contributed by atoms with Crippen LogP contribution < -0.4 is 0 Å². The summed E-state index contributed by atoms with van der Waals surface area (Å²) in [5.74, 6) is -0.149. The van der Waals surface area contributed by atoms with Crippen molar-refractivity contribution in [2.24, 2.45) is 0 Å². The van der Waals surface area contributed by atoms with E-state index in [2.05, 4.69) is 10.2 Å². The van der Waals surface area contributed by atoms with Gasteiger partial charge in [-0.3, -0.25) is 5.10 Å². The monoisotopic (exact) mass is 324 g/mol. The maximum absolute atomic E-state index is 12.2. The second-order valence-corrected chi connectivity index (χ2v) is 7.40. The Morgan fingerprint density at radius 1 is 1.29 bits per heavy atom. The fraction of sp³-hybridized carbons (Fsp3) is 0.267. The molecule has 0 aliphatic heterocycles. The van der Waals surface area contributed by atoms with E-state index in [1.807, 2.05) is 32.0 Å². The number of halogens is 1. The number of H-pyrrole nitrogens is 1. The molecule has 21 heavy (non-hydrogen) atoms. The summed E-state index contributed by atoms with van der Waals surface area (Å²) in [5, 5.41) is 6.74. The highest BCUT2D eigenvalue weighted by Crippen LogP contribution is 2.28. The molecule has 0 radical (unpaired) electrons. The predicted octanol–water partition coefficient (Wildman–Crippen LogP) is 3.47. The van der Waals surface area contributed by atoms with Gasteiger partial charge in [-0.05, 0) is 43.5 Å². The standard InChI is InChI=1S/C15H17ClN2O2S/c1-10-4-5-13(11(2)8-10)15(16)12(3)9-21(19,20)14-6-7-17-18-14/h4-8H,9H2,1-3H3,(H,17,18). The highest BCUT2D eigenvalue weighted by atomic mass is 35.5. The fourth-order valence-electron chi connectivity index (χ4n) is 2.13. The van der Waals surface area contributed by atoms with E-state index >= 15 is 0 Å². The van der Waals surface area contributed by atoms with Crippen molar-refractivity contribution >= 4 is 26.5 Å². The lowest BCUT2D eigenvalue weighted by molar-refractivity contribution is 0.594. The third kappa shape index (κ3) is 3.54. The van der Waals surface area contributed by atoms with E-state index in [0.29, 0.717) is 10.6 Å². The molecule has 0 fully saturated rings. The van der Waals surface area contributed by atoms with Crippen molar-refractivity contribution < 1.29 is 8.42 Å². The molecule has 6 heteroatoms. The minimum absolute atomic E-state index is 0.0342. The average Bonchev–Trinajstić information content (AvgIpc) is 2.92. The number of aromatic amines is 1. The maximum Gasteiger partial charge on any atom is 0.201 e. The first-order valence-corrected chi connectivity index (χ1v) is 8.49. The van der Waals surface area contributed by atoms with Crippen LogP contribution in [0.1, 0.15) is 23.6 Å². The summed E-state index contributed by atoms with van der Waals surface area (Å²) in [5.41, 5.74) is 3.63. The molecular formula is C15H17ClN2O2S. The Bertz CT molecular complexity index is 778. The normalized spacial score (nSPS) is 13.1. The largest absolute Gasteiger partial charge is 0.284 e. The summed E-state index contributed by atoms with van der Waals surface area (Å²) in [6.45, 7) is 5.69. The number of aryl methyl sites for hydroxylation is 2. The van der Waals surface area contributed by atoms with E-state index in [1.54, 1.807) is 6.92 Å². The van der Waals surface area contributed by atoms with Gasteiger partial charge in [0.1, 0.15) is 0 Å². The van der Waals surface area contributed by atoms with Crippen LogP contribution in [0.25, 0.3) is 5.03 Å². The Labute approximate surface area is 129 Å². The molecule has 0 aliphatic carbocycles. The number of rotatable bonds is 4. The number of nitrogens with zero attached hydrogens (tertiary/aromatic N) is 1. The Kier molecular flexibility index (Phi) is 4.54. The summed E-state index contributed by atoms with van der Waals surface area (Å²) in [6, 6.07) is 7.33. The van der Waals surface area contributed by atoms with Crippen LogP contribution >= 0.6 is 11.6 Å². The van der Waals surface area contributed by atoms with Crippen LogP contribution in [0.2, 0.25) is 0 Å². The molecule has 0 amide bonds. The Morgan fingerprint density at radius 3 is 2.57 bits per heavy atom. The molecule has 0 unspecified atom stereocenters. The van der Waals surface area contributed by atoms with Gasteiger partial charge in [0.25, 0.3) is 0 Å². The van der Waals surface area contributed by atoms with Crippen molar-refractivity contribution in [1.82, 2.24) is 10.2 Å². The van der Waals surface area contributed by atoms with Gasteiger partial charge >= 0.3 is 0 Å². The minimum Gasteiger partial charge on any atom is -0.284 e. The van der Waals surface area contributed by atoms with Crippen LogP contribution in [0.5, 0.6) is 0 Å². The van der Waals surface area contributed by atoms with Crippen molar-refractivity contribution in [3.63, 3.8) is 0 Å². The molecule has 2 rings (SSSR count). The number of hydrogen-bond acceptors (Lipinski definition) is 3. The molecule has 1 heterocycles. The van der Waals surface area contributed by atoms with Crippen LogP contribution in [0, 0.1) is 13.8 Å². The second-order valence-electron chi connectivity index (χ2n) is 5.08. The topological polar surface area (TPSA) is 62.8 Å². The van der Waals surface area contributed by atoms with Crippen LogP contribution in [-0.4, -0.2) is 24.4 Å². The summed E-state index contributed by atoms with van der Waals surface area (Å²) in [7, 11) is -3.47. The molecule has 2 aromatic rings. The highest BCUT2D eigenvalue weighted by molar-refractivity contribution is 7.91. The van der Waals surface area contributed by atoms with Crippen molar-refractivity contribution in [3.8, 4) is 0 Å². The van der Waals surface area contributed by atoms with Crippen LogP contribution in [0.4, 0.5) is 0 Å². The molecule has 0 saturated carbocycles. The molecule has 112 valence electrons. The van der Waals surface area contributed by atoms with Gasteiger partial charge in [0.2, 0.25) is 9.84 Å². The van der Waals surface area contributed by atoms with E-state index in [9.17, 15) is 8.42 Å².